The van der Waals surface area contributed by atoms with E-state index in [2.05, 4.69) is 71.5 Å². The SMILES string of the molecule is CC(C)c1cccc(NC(N)=NCCN2CCc3ccccc3C2)c1. The van der Waals surface area contributed by atoms with Crippen LogP contribution in [0, 0.1) is 0 Å². The Morgan fingerprint density at radius 1 is 1.16 bits per heavy atom. The van der Waals surface area contributed by atoms with Crippen LogP contribution in [0.25, 0.3) is 0 Å². The zero-order chi connectivity index (χ0) is 17.6. The van der Waals surface area contributed by atoms with Crippen LogP contribution in [-0.4, -0.2) is 30.5 Å². The van der Waals surface area contributed by atoms with Gasteiger partial charge in [0.25, 0.3) is 0 Å². The lowest BCUT2D eigenvalue weighted by molar-refractivity contribution is 0.262. The number of benzene rings is 2. The molecule has 0 atom stereocenters. The van der Waals surface area contributed by atoms with Crippen LogP contribution >= 0.6 is 0 Å². The second-order valence-corrected chi connectivity index (χ2v) is 6.97. The highest BCUT2D eigenvalue weighted by molar-refractivity contribution is 5.92. The zero-order valence-electron chi connectivity index (χ0n) is 15.2. The number of aliphatic imine (C=N–C) groups is 1. The highest BCUT2D eigenvalue weighted by Gasteiger charge is 2.14. The molecular formula is C21H28N4. The number of guanidine groups is 1. The number of anilines is 1. The molecule has 0 bridgehead atoms. The molecule has 1 heterocycles. The number of nitrogens with one attached hydrogen (secondary N) is 1. The van der Waals surface area contributed by atoms with Crippen LogP contribution in [0.2, 0.25) is 0 Å². The van der Waals surface area contributed by atoms with Gasteiger partial charge in [-0.15, -0.1) is 0 Å². The Labute approximate surface area is 150 Å². The maximum Gasteiger partial charge on any atom is 0.193 e. The third kappa shape index (κ3) is 4.83. The molecule has 4 nitrogen and oxygen atoms in total. The molecule has 3 N–H and O–H groups in total. The predicted molar refractivity (Wildman–Crippen MR) is 106 cm³/mol. The second-order valence-electron chi connectivity index (χ2n) is 6.97. The number of nitrogens with zero attached hydrogens (tertiary/aromatic N) is 2. The Hall–Kier alpha value is -2.33. The van der Waals surface area contributed by atoms with Crippen molar-refractivity contribution in [3.63, 3.8) is 0 Å². The van der Waals surface area contributed by atoms with Crippen molar-refractivity contribution in [1.29, 1.82) is 0 Å². The largest absolute Gasteiger partial charge is 0.370 e. The third-order valence-electron chi connectivity index (χ3n) is 4.73. The Balaban J connectivity index is 1.50. The molecule has 2 aromatic rings. The minimum Gasteiger partial charge on any atom is -0.370 e. The lowest BCUT2D eigenvalue weighted by Crippen LogP contribution is -2.33. The molecule has 1 aliphatic heterocycles. The summed E-state index contributed by atoms with van der Waals surface area (Å²) in [6.07, 6.45) is 1.12. The first kappa shape index (κ1) is 17.5. The van der Waals surface area contributed by atoms with Crippen LogP contribution < -0.4 is 11.1 Å². The van der Waals surface area contributed by atoms with Gasteiger partial charge in [-0.05, 0) is 41.2 Å². The Bertz CT molecular complexity index is 736. The zero-order valence-corrected chi connectivity index (χ0v) is 15.2. The van der Waals surface area contributed by atoms with Crippen LogP contribution in [0.4, 0.5) is 5.69 Å². The van der Waals surface area contributed by atoms with Crippen molar-refractivity contribution in [2.24, 2.45) is 10.7 Å². The van der Waals surface area contributed by atoms with Gasteiger partial charge in [0.05, 0.1) is 6.54 Å². The molecule has 0 saturated heterocycles. The Morgan fingerprint density at radius 2 is 1.96 bits per heavy atom. The molecule has 4 heteroatoms. The standard InChI is InChI=1S/C21H28N4/c1-16(2)18-8-5-9-20(14-18)24-21(22)23-11-13-25-12-10-17-6-3-4-7-19(17)15-25/h3-9,14,16H,10-13,15H2,1-2H3,(H3,22,23,24). The van der Waals surface area contributed by atoms with Gasteiger partial charge in [-0.25, -0.2) is 0 Å². The average molecular weight is 336 g/mol. The highest BCUT2D eigenvalue weighted by atomic mass is 15.2. The van der Waals surface area contributed by atoms with Crippen molar-refractivity contribution in [3.05, 3.63) is 65.2 Å². The number of hydrogen-bond acceptors (Lipinski definition) is 2. The maximum absolute atomic E-state index is 6.04. The number of fused-ring (bicyclic) bond motifs is 1. The smallest absolute Gasteiger partial charge is 0.193 e. The van der Waals surface area contributed by atoms with Crippen molar-refractivity contribution in [3.8, 4) is 0 Å². The summed E-state index contributed by atoms with van der Waals surface area (Å²) in [5.74, 6) is 0.986. The summed E-state index contributed by atoms with van der Waals surface area (Å²) in [5.41, 5.74) is 11.3. The molecule has 0 amide bonds. The summed E-state index contributed by atoms with van der Waals surface area (Å²) in [4.78, 5) is 6.93. The summed E-state index contributed by atoms with van der Waals surface area (Å²) in [6, 6.07) is 17.0. The van der Waals surface area contributed by atoms with E-state index in [1.165, 1.54) is 16.7 Å². The van der Waals surface area contributed by atoms with E-state index >= 15 is 0 Å². The summed E-state index contributed by atoms with van der Waals surface area (Å²) in [7, 11) is 0. The van der Waals surface area contributed by atoms with Gasteiger partial charge in [0.15, 0.2) is 5.96 Å². The molecule has 0 saturated carbocycles. The normalized spacial score (nSPS) is 15.2. The van der Waals surface area contributed by atoms with Crippen LogP contribution in [0.5, 0.6) is 0 Å². The molecule has 0 radical (unpaired) electrons. The van der Waals surface area contributed by atoms with E-state index in [1.807, 2.05) is 6.07 Å². The lowest BCUT2D eigenvalue weighted by Gasteiger charge is -2.28. The molecule has 3 rings (SSSR count). The number of hydrogen-bond donors (Lipinski definition) is 2. The number of rotatable bonds is 5. The summed E-state index contributed by atoms with van der Waals surface area (Å²) < 4.78 is 0. The molecular weight excluding hydrogens is 308 g/mol. The quantitative estimate of drug-likeness (QED) is 0.648. The van der Waals surface area contributed by atoms with Gasteiger partial charge in [-0.1, -0.05) is 50.2 Å². The monoisotopic (exact) mass is 336 g/mol. The van der Waals surface area contributed by atoms with Crippen LogP contribution in [0.3, 0.4) is 0 Å². The molecule has 0 unspecified atom stereocenters. The first-order valence-electron chi connectivity index (χ1n) is 9.08. The van der Waals surface area contributed by atoms with Crippen molar-refractivity contribution < 1.29 is 0 Å². The number of nitrogens with two attached hydrogens (primary N) is 1. The molecule has 1 aliphatic rings. The summed E-state index contributed by atoms with van der Waals surface area (Å²) in [5, 5.41) is 3.20. The van der Waals surface area contributed by atoms with Crippen molar-refractivity contribution in [2.45, 2.75) is 32.7 Å². The van der Waals surface area contributed by atoms with E-state index in [-0.39, 0.29) is 0 Å². The second kappa shape index (κ2) is 8.17. The van der Waals surface area contributed by atoms with E-state index in [0.717, 1.165) is 31.7 Å². The van der Waals surface area contributed by atoms with Crippen molar-refractivity contribution >= 4 is 11.6 Å². The molecule has 25 heavy (non-hydrogen) atoms. The molecule has 132 valence electrons. The fourth-order valence-electron chi connectivity index (χ4n) is 3.22. The minimum atomic E-state index is 0.485. The van der Waals surface area contributed by atoms with Gasteiger partial charge in [-0.2, -0.15) is 0 Å². The molecule has 0 aliphatic carbocycles. The minimum absolute atomic E-state index is 0.485. The van der Waals surface area contributed by atoms with Gasteiger partial charge in [0.1, 0.15) is 0 Å². The first-order chi connectivity index (χ1) is 12.1. The predicted octanol–water partition coefficient (Wildman–Crippen LogP) is 3.59. The third-order valence-corrected chi connectivity index (χ3v) is 4.73. The van der Waals surface area contributed by atoms with E-state index in [4.69, 9.17) is 5.73 Å². The fourth-order valence-corrected chi connectivity index (χ4v) is 3.22. The Morgan fingerprint density at radius 3 is 2.76 bits per heavy atom. The van der Waals surface area contributed by atoms with E-state index in [0.29, 0.717) is 18.4 Å². The van der Waals surface area contributed by atoms with E-state index in [1.54, 1.807) is 0 Å². The van der Waals surface area contributed by atoms with Crippen molar-refractivity contribution in [1.82, 2.24) is 4.90 Å². The molecule has 0 spiro atoms. The van der Waals surface area contributed by atoms with Gasteiger partial charge in [-0.3, -0.25) is 9.89 Å². The van der Waals surface area contributed by atoms with E-state index in [9.17, 15) is 0 Å². The van der Waals surface area contributed by atoms with Crippen LogP contribution in [-0.2, 0) is 13.0 Å². The topological polar surface area (TPSA) is 53.6 Å². The van der Waals surface area contributed by atoms with Crippen LogP contribution in [0.15, 0.2) is 53.5 Å². The highest BCUT2D eigenvalue weighted by Crippen LogP contribution is 2.19. The molecule has 0 fully saturated rings. The lowest BCUT2D eigenvalue weighted by atomic mass is 10.0. The molecule has 2 aromatic carbocycles. The Kier molecular flexibility index (Phi) is 5.71. The average Bonchev–Trinajstić information content (AvgIpc) is 2.62. The van der Waals surface area contributed by atoms with Gasteiger partial charge in [0.2, 0.25) is 0 Å². The van der Waals surface area contributed by atoms with Gasteiger partial charge in [0, 0.05) is 25.3 Å². The summed E-state index contributed by atoms with van der Waals surface area (Å²) in [6.45, 7) is 8.13. The van der Waals surface area contributed by atoms with Crippen molar-refractivity contribution in [2.75, 3.05) is 25.0 Å². The maximum atomic E-state index is 6.04. The van der Waals surface area contributed by atoms with Gasteiger partial charge < -0.3 is 11.1 Å². The first-order valence-corrected chi connectivity index (χ1v) is 9.08. The summed E-state index contributed by atoms with van der Waals surface area (Å²) >= 11 is 0. The fraction of sp³-hybridized carbons (Fsp3) is 0.381. The van der Waals surface area contributed by atoms with Gasteiger partial charge >= 0.3 is 0 Å². The molecule has 0 aromatic heterocycles. The van der Waals surface area contributed by atoms with E-state index < -0.39 is 0 Å². The van der Waals surface area contributed by atoms with Crippen LogP contribution in [0.1, 0.15) is 36.5 Å².